The van der Waals surface area contributed by atoms with Crippen LogP contribution in [0.2, 0.25) is 0 Å². The van der Waals surface area contributed by atoms with Gasteiger partial charge in [-0.25, -0.2) is 0 Å². The number of nitrogens with one attached hydrogen (secondary N) is 1. The molecule has 1 unspecified atom stereocenters. The fraction of sp³-hybridized carbons (Fsp3) is 0.368. The average Bonchev–Trinajstić information content (AvgIpc) is 2.66. The lowest BCUT2D eigenvalue weighted by atomic mass is 10.1. The largest absolute Gasteiger partial charge is 0.416 e. The van der Waals surface area contributed by atoms with Gasteiger partial charge in [0.2, 0.25) is 0 Å². The molecule has 0 aliphatic heterocycles. The van der Waals surface area contributed by atoms with Crippen LogP contribution < -0.4 is 5.32 Å². The Labute approximate surface area is 183 Å². The Morgan fingerprint density at radius 1 is 0.903 bits per heavy atom. The van der Waals surface area contributed by atoms with Crippen molar-refractivity contribution in [3.05, 3.63) is 63.6 Å². The third kappa shape index (κ3) is 6.71. The molecule has 0 aliphatic rings. The van der Waals surface area contributed by atoms with Gasteiger partial charge in [-0.1, -0.05) is 28.1 Å². The van der Waals surface area contributed by atoms with Gasteiger partial charge in [0.1, 0.15) is 0 Å². The molecule has 2 rings (SSSR count). The Bertz CT molecular complexity index is 891. The van der Waals surface area contributed by atoms with Crippen molar-refractivity contribution < 1.29 is 40.0 Å². The van der Waals surface area contributed by atoms with Gasteiger partial charge in [-0.15, -0.1) is 0 Å². The van der Waals surface area contributed by atoms with Gasteiger partial charge in [0, 0.05) is 10.2 Å². The molecule has 0 spiro atoms. The van der Waals surface area contributed by atoms with E-state index >= 15 is 0 Å². The van der Waals surface area contributed by atoms with Gasteiger partial charge in [-0.05, 0) is 49.7 Å². The van der Waals surface area contributed by atoms with Crippen molar-refractivity contribution in [1.82, 2.24) is 0 Å². The number of anilines is 1. The summed E-state index contributed by atoms with van der Waals surface area (Å²) in [5.41, 5.74) is -3.24. The predicted octanol–water partition coefficient (Wildman–Crippen LogP) is 7.86. The van der Waals surface area contributed by atoms with Gasteiger partial charge < -0.3 is 14.4 Å². The predicted molar refractivity (Wildman–Crippen MR) is 108 cm³/mol. The summed E-state index contributed by atoms with van der Waals surface area (Å²) in [5.74, 6) is -1.36. The number of rotatable bonds is 8. The number of hydrogen-bond donors (Lipinski definition) is 1. The second-order valence-electron chi connectivity index (χ2n) is 6.27. The van der Waals surface area contributed by atoms with Crippen molar-refractivity contribution in [3.8, 4) is 0 Å². The van der Waals surface area contributed by atoms with E-state index in [1.807, 2.05) is 0 Å². The smallest absolute Gasteiger partial charge is 0.368 e. The van der Waals surface area contributed by atoms with Gasteiger partial charge in [0.05, 0.1) is 24.3 Å². The van der Waals surface area contributed by atoms with Crippen LogP contribution in [0.5, 0.6) is 0 Å². The van der Waals surface area contributed by atoms with Gasteiger partial charge >= 0.3 is 19.9 Å². The van der Waals surface area contributed by atoms with Crippen molar-refractivity contribution in [2.45, 2.75) is 32.0 Å². The highest BCUT2D eigenvalue weighted by atomic mass is 79.9. The zero-order valence-corrected chi connectivity index (χ0v) is 18.8. The van der Waals surface area contributed by atoms with E-state index in [0.717, 1.165) is 0 Å². The molecule has 2 aromatic carbocycles. The Kier molecular flexibility index (Phi) is 8.24. The van der Waals surface area contributed by atoms with Crippen LogP contribution in [0.25, 0.3) is 0 Å². The molecule has 31 heavy (non-hydrogen) atoms. The first-order chi connectivity index (χ1) is 14.3. The zero-order valence-electron chi connectivity index (χ0n) is 16.4. The summed E-state index contributed by atoms with van der Waals surface area (Å²) in [6, 6.07) is 7.23. The van der Waals surface area contributed by atoms with Crippen LogP contribution in [0.15, 0.2) is 46.9 Å². The molecule has 0 saturated heterocycles. The van der Waals surface area contributed by atoms with E-state index < -0.39 is 42.5 Å². The van der Waals surface area contributed by atoms with E-state index in [4.69, 9.17) is 9.05 Å². The lowest BCUT2D eigenvalue weighted by molar-refractivity contribution is -0.143. The Hall–Kier alpha value is -1.55. The lowest BCUT2D eigenvalue weighted by Gasteiger charge is -2.28. The van der Waals surface area contributed by atoms with E-state index in [-0.39, 0.29) is 19.3 Å². The van der Waals surface area contributed by atoms with E-state index in [1.165, 1.54) is 26.0 Å². The molecule has 0 radical (unpaired) electrons. The standard InChI is InChI=1S/C19H19BrF6NO3P/c1-3-29-31(28,30-4-2)17(12-5-7-15(20)8-6-12)27-16-10-13(18(21,22)23)9-14(11-16)19(24,25)26/h5-11,17,27H,3-4H2,1-2H3. The second-order valence-corrected chi connectivity index (χ2v) is 9.30. The van der Waals surface area contributed by atoms with Gasteiger partial charge in [-0.2, -0.15) is 26.3 Å². The molecule has 172 valence electrons. The van der Waals surface area contributed by atoms with Gasteiger partial charge in [0.25, 0.3) is 0 Å². The lowest BCUT2D eigenvalue weighted by Crippen LogP contribution is -2.17. The summed E-state index contributed by atoms with van der Waals surface area (Å²) in [7, 11) is -4.03. The highest BCUT2D eigenvalue weighted by Gasteiger charge is 2.40. The number of benzene rings is 2. The molecule has 0 amide bonds. The monoisotopic (exact) mass is 533 g/mol. The minimum Gasteiger partial charge on any atom is -0.368 e. The normalized spacial score (nSPS) is 13.8. The topological polar surface area (TPSA) is 47.6 Å². The fourth-order valence-corrected chi connectivity index (χ4v) is 4.93. The zero-order chi connectivity index (χ0) is 23.4. The summed E-state index contributed by atoms with van der Waals surface area (Å²) in [4.78, 5) is 0. The maximum Gasteiger partial charge on any atom is 0.416 e. The first-order valence-electron chi connectivity index (χ1n) is 9.00. The van der Waals surface area contributed by atoms with Crippen molar-refractivity contribution in [1.29, 1.82) is 0 Å². The van der Waals surface area contributed by atoms with Crippen molar-refractivity contribution in [2.75, 3.05) is 18.5 Å². The maximum atomic E-state index is 13.4. The van der Waals surface area contributed by atoms with Crippen molar-refractivity contribution in [2.24, 2.45) is 0 Å². The highest BCUT2D eigenvalue weighted by Crippen LogP contribution is 2.61. The number of halogens is 7. The van der Waals surface area contributed by atoms with Gasteiger partial charge in [-0.3, -0.25) is 4.57 Å². The molecule has 2 aromatic rings. The van der Waals surface area contributed by atoms with Crippen LogP contribution >= 0.6 is 23.5 Å². The van der Waals surface area contributed by atoms with Crippen LogP contribution in [-0.2, 0) is 26.0 Å². The number of hydrogen-bond acceptors (Lipinski definition) is 4. The molecule has 0 aromatic heterocycles. The van der Waals surface area contributed by atoms with Gasteiger partial charge in [0.15, 0.2) is 5.78 Å². The van der Waals surface area contributed by atoms with Crippen LogP contribution in [0.4, 0.5) is 32.0 Å². The van der Waals surface area contributed by atoms with Crippen molar-refractivity contribution in [3.63, 3.8) is 0 Å². The molecule has 0 aliphatic carbocycles. The Morgan fingerprint density at radius 2 is 1.35 bits per heavy atom. The van der Waals surface area contributed by atoms with E-state index in [1.54, 1.807) is 12.1 Å². The molecule has 4 nitrogen and oxygen atoms in total. The summed E-state index contributed by atoms with van der Waals surface area (Å²) in [6.45, 7) is 2.97. The van der Waals surface area contributed by atoms with Crippen LogP contribution in [0, 0.1) is 0 Å². The maximum absolute atomic E-state index is 13.4. The van der Waals surface area contributed by atoms with Crippen LogP contribution in [0.1, 0.15) is 36.3 Å². The molecule has 0 heterocycles. The summed E-state index contributed by atoms with van der Waals surface area (Å²) >= 11 is 3.23. The molecule has 1 N–H and O–H groups in total. The van der Waals surface area contributed by atoms with Crippen LogP contribution in [0.3, 0.4) is 0 Å². The van der Waals surface area contributed by atoms with Crippen LogP contribution in [-0.4, -0.2) is 13.2 Å². The first kappa shape index (κ1) is 25.7. The summed E-state index contributed by atoms with van der Waals surface area (Å²) in [6.07, 6.45) is -10.0. The highest BCUT2D eigenvalue weighted by molar-refractivity contribution is 9.10. The van der Waals surface area contributed by atoms with E-state index in [2.05, 4.69) is 21.2 Å². The third-order valence-electron chi connectivity index (χ3n) is 4.01. The molecule has 0 fully saturated rings. The average molecular weight is 534 g/mol. The minimum absolute atomic E-state index is 0.0183. The molecule has 0 saturated carbocycles. The Balaban J connectivity index is 2.63. The molecular weight excluding hydrogens is 515 g/mol. The minimum atomic E-state index is -5.02. The van der Waals surface area contributed by atoms with E-state index in [9.17, 15) is 30.9 Å². The Morgan fingerprint density at radius 3 is 1.74 bits per heavy atom. The molecular formula is C19H19BrF6NO3P. The second kappa shape index (κ2) is 9.94. The molecule has 1 atom stereocenters. The van der Waals surface area contributed by atoms with E-state index in [0.29, 0.717) is 22.2 Å². The summed E-state index contributed by atoms with van der Waals surface area (Å²) in [5, 5.41) is 2.52. The first-order valence-corrected chi connectivity index (χ1v) is 11.4. The molecule has 12 heteroatoms. The molecule has 0 bridgehead atoms. The summed E-state index contributed by atoms with van der Waals surface area (Å²) < 4.78 is 104. The quantitative estimate of drug-likeness (QED) is 0.277. The number of alkyl halides is 6. The SMILES string of the molecule is CCOP(=O)(OCC)C(Nc1cc(C(F)(F)F)cc(C(F)(F)F)c1)c1ccc(Br)cc1. The third-order valence-corrected chi connectivity index (χ3v) is 6.84. The van der Waals surface area contributed by atoms with Crippen molar-refractivity contribution >= 4 is 29.2 Å². The fourth-order valence-electron chi connectivity index (χ4n) is 2.73.